The number of carbonyl (C=O) groups excluding carboxylic acids is 1. The van der Waals surface area contributed by atoms with Crippen molar-refractivity contribution in [2.75, 3.05) is 5.32 Å². The van der Waals surface area contributed by atoms with E-state index in [0.29, 0.717) is 0 Å². The lowest BCUT2D eigenvalue weighted by Crippen LogP contribution is -2.14. The first-order valence-corrected chi connectivity index (χ1v) is 5.28. The minimum Gasteiger partial charge on any atom is -0.382 e. The second kappa shape index (κ2) is 3.63. The van der Waals surface area contributed by atoms with Gasteiger partial charge in [0.2, 0.25) is 5.91 Å². The molecule has 74 valence electrons. The maximum atomic E-state index is 11.3. The normalized spacial score (nSPS) is 21.0. The largest absolute Gasteiger partial charge is 0.382 e. The highest BCUT2D eigenvalue weighted by molar-refractivity contribution is 8.00. The Labute approximate surface area is 86.5 Å². The molecule has 4 heteroatoms. The fourth-order valence-electron chi connectivity index (χ4n) is 1.38. The van der Waals surface area contributed by atoms with E-state index in [1.807, 2.05) is 25.1 Å². The summed E-state index contributed by atoms with van der Waals surface area (Å²) in [6.45, 7) is 1.99. The van der Waals surface area contributed by atoms with Gasteiger partial charge in [-0.15, -0.1) is 0 Å². The Balaban J connectivity index is 2.41. The molecule has 1 aliphatic heterocycles. The van der Waals surface area contributed by atoms with Crippen molar-refractivity contribution in [1.82, 2.24) is 0 Å². The molecule has 1 aromatic rings. The number of anilines is 1. The number of amides is 1. The van der Waals surface area contributed by atoms with Crippen molar-refractivity contribution in [1.29, 1.82) is 0 Å². The third-order valence-electron chi connectivity index (χ3n) is 2.03. The number of fused-ring (bicyclic) bond motifs is 1. The van der Waals surface area contributed by atoms with Crippen molar-refractivity contribution in [2.24, 2.45) is 0 Å². The summed E-state index contributed by atoms with van der Waals surface area (Å²) in [6, 6.07) is 5.78. The van der Waals surface area contributed by atoms with E-state index in [-0.39, 0.29) is 12.3 Å². The topological polar surface area (TPSA) is 49.3 Å². The van der Waals surface area contributed by atoms with Crippen molar-refractivity contribution in [2.45, 2.75) is 23.7 Å². The number of rotatable bonds is 0. The van der Waals surface area contributed by atoms with Gasteiger partial charge in [-0.2, -0.15) is 0 Å². The van der Waals surface area contributed by atoms with Crippen LogP contribution in [0.4, 0.5) is 5.69 Å². The Hall–Kier alpha value is -1.00. The number of aryl methyl sites for hydroxylation is 1. The average molecular weight is 209 g/mol. The van der Waals surface area contributed by atoms with Gasteiger partial charge >= 0.3 is 0 Å². The van der Waals surface area contributed by atoms with E-state index in [1.54, 1.807) is 0 Å². The maximum Gasteiger partial charge on any atom is 0.227 e. The van der Waals surface area contributed by atoms with E-state index in [1.165, 1.54) is 11.8 Å². The summed E-state index contributed by atoms with van der Waals surface area (Å²) >= 11 is 1.32. The average Bonchev–Trinajstić information content (AvgIpc) is 2.21. The summed E-state index contributed by atoms with van der Waals surface area (Å²) in [5.41, 5.74) is 1.28. The first-order valence-electron chi connectivity index (χ1n) is 4.40. The zero-order valence-corrected chi connectivity index (χ0v) is 8.60. The first-order chi connectivity index (χ1) is 6.65. The third kappa shape index (κ3) is 1.91. The number of hydrogen-bond donors (Lipinski definition) is 2. The molecule has 1 atom stereocenters. The number of benzene rings is 1. The second-order valence-electron chi connectivity index (χ2n) is 3.32. The quantitative estimate of drug-likeness (QED) is 0.684. The van der Waals surface area contributed by atoms with E-state index >= 15 is 0 Å². The summed E-state index contributed by atoms with van der Waals surface area (Å²) in [4.78, 5) is 12.2. The molecule has 1 amide bonds. The molecule has 1 aliphatic rings. The van der Waals surface area contributed by atoms with Crippen molar-refractivity contribution >= 4 is 23.4 Å². The minimum absolute atomic E-state index is 0.132. The van der Waals surface area contributed by atoms with Gasteiger partial charge in [0.1, 0.15) is 5.44 Å². The molecule has 0 saturated carbocycles. The summed E-state index contributed by atoms with van der Waals surface area (Å²) in [5, 5.41) is 12.3. The summed E-state index contributed by atoms with van der Waals surface area (Å²) in [7, 11) is 0. The van der Waals surface area contributed by atoms with Gasteiger partial charge in [-0.3, -0.25) is 4.79 Å². The van der Waals surface area contributed by atoms with E-state index in [9.17, 15) is 9.90 Å². The number of thioether (sulfide) groups is 1. The molecule has 1 aromatic carbocycles. The number of nitrogens with one attached hydrogen (secondary N) is 1. The van der Waals surface area contributed by atoms with Crippen LogP contribution in [-0.2, 0) is 4.79 Å². The molecule has 0 bridgehead atoms. The van der Waals surface area contributed by atoms with Crippen LogP contribution in [0.25, 0.3) is 0 Å². The lowest BCUT2D eigenvalue weighted by molar-refractivity contribution is -0.117. The molecule has 0 aliphatic carbocycles. The number of aliphatic hydroxyl groups is 1. The molecule has 14 heavy (non-hydrogen) atoms. The fraction of sp³-hybridized carbons (Fsp3) is 0.300. The molecule has 0 aromatic heterocycles. The van der Waals surface area contributed by atoms with Gasteiger partial charge in [0.25, 0.3) is 0 Å². The van der Waals surface area contributed by atoms with Gasteiger partial charge in [-0.05, 0) is 24.6 Å². The Bertz CT molecular complexity index is 378. The van der Waals surface area contributed by atoms with Crippen LogP contribution < -0.4 is 5.32 Å². The van der Waals surface area contributed by atoms with Crippen LogP contribution in [0.1, 0.15) is 12.0 Å². The standard InChI is InChI=1S/C10H11NO2S/c1-6-2-3-7-8(4-6)14-10(13)5-9(12)11-7/h2-4,10,13H,5H2,1H3,(H,11,12). The minimum atomic E-state index is -0.641. The van der Waals surface area contributed by atoms with E-state index in [0.717, 1.165) is 16.1 Å². The van der Waals surface area contributed by atoms with Crippen molar-refractivity contribution in [3.05, 3.63) is 23.8 Å². The van der Waals surface area contributed by atoms with Gasteiger partial charge < -0.3 is 10.4 Å². The Morgan fingerprint density at radius 2 is 2.36 bits per heavy atom. The summed E-state index contributed by atoms with van der Waals surface area (Å²) < 4.78 is 0. The molecular weight excluding hydrogens is 198 g/mol. The number of aliphatic hydroxyl groups excluding tert-OH is 1. The van der Waals surface area contributed by atoms with E-state index in [4.69, 9.17) is 0 Å². The van der Waals surface area contributed by atoms with E-state index in [2.05, 4.69) is 5.32 Å². The predicted molar refractivity (Wildman–Crippen MR) is 56.3 cm³/mol. The van der Waals surface area contributed by atoms with Crippen molar-refractivity contribution < 1.29 is 9.90 Å². The second-order valence-corrected chi connectivity index (χ2v) is 4.54. The van der Waals surface area contributed by atoms with Crippen molar-refractivity contribution in [3.8, 4) is 0 Å². The van der Waals surface area contributed by atoms with Gasteiger partial charge in [0, 0.05) is 4.90 Å². The molecule has 0 spiro atoms. The highest BCUT2D eigenvalue weighted by Crippen LogP contribution is 2.34. The molecule has 2 N–H and O–H groups in total. The zero-order chi connectivity index (χ0) is 10.1. The van der Waals surface area contributed by atoms with Gasteiger partial charge in [-0.25, -0.2) is 0 Å². The van der Waals surface area contributed by atoms with Crippen LogP contribution in [0.2, 0.25) is 0 Å². The summed E-state index contributed by atoms with van der Waals surface area (Å²) in [6.07, 6.45) is 0.151. The lowest BCUT2D eigenvalue weighted by Gasteiger charge is -2.06. The molecule has 0 saturated heterocycles. The monoisotopic (exact) mass is 209 g/mol. The van der Waals surface area contributed by atoms with Crippen LogP contribution in [0.15, 0.2) is 23.1 Å². The summed E-state index contributed by atoms with van der Waals surface area (Å²) in [5.74, 6) is -0.132. The van der Waals surface area contributed by atoms with E-state index < -0.39 is 5.44 Å². The van der Waals surface area contributed by atoms with Crippen LogP contribution in [0.3, 0.4) is 0 Å². The fourth-order valence-corrected chi connectivity index (χ4v) is 2.41. The molecule has 0 radical (unpaired) electrons. The maximum absolute atomic E-state index is 11.3. The SMILES string of the molecule is Cc1ccc2c(c1)SC(O)CC(=O)N2. The van der Waals surface area contributed by atoms with Crippen LogP contribution in [-0.4, -0.2) is 16.4 Å². The van der Waals surface area contributed by atoms with Crippen LogP contribution in [0, 0.1) is 6.92 Å². The Morgan fingerprint density at radius 1 is 1.57 bits per heavy atom. The van der Waals surface area contributed by atoms with Gasteiger partial charge in [-0.1, -0.05) is 17.8 Å². The predicted octanol–water partition coefficient (Wildman–Crippen LogP) is 1.75. The zero-order valence-electron chi connectivity index (χ0n) is 7.78. The molecule has 1 unspecified atom stereocenters. The molecule has 0 fully saturated rings. The molecule has 1 heterocycles. The highest BCUT2D eigenvalue weighted by atomic mass is 32.2. The van der Waals surface area contributed by atoms with Crippen molar-refractivity contribution in [3.63, 3.8) is 0 Å². The smallest absolute Gasteiger partial charge is 0.227 e. The number of carbonyl (C=O) groups is 1. The molecule has 2 rings (SSSR count). The van der Waals surface area contributed by atoms with Gasteiger partial charge in [0.05, 0.1) is 12.1 Å². The first kappa shape index (κ1) is 9.55. The van der Waals surface area contributed by atoms with Crippen LogP contribution in [0.5, 0.6) is 0 Å². The number of hydrogen-bond acceptors (Lipinski definition) is 3. The third-order valence-corrected chi connectivity index (χ3v) is 3.06. The molecular formula is C10H11NO2S. The highest BCUT2D eigenvalue weighted by Gasteiger charge is 2.19. The Kier molecular flexibility index (Phi) is 2.48. The van der Waals surface area contributed by atoms with Crippen LogP contribution >= 0.6 is 11.8 Å². The molecule has 3 nitrogen and oxygen atoms in total. The lowest BCUT2D eigenvalue weighted by atomic mass is 10.2. The van der Waals surface area contributed by atoms with Gasteiger partial charge in [0.15, 0.2) is 0 Å². The Morgan fingerprint density at radius 3 is 3.14 bits per heavy atom.